The second kappa shape index (κ2) is 5.08. The van der Waals surface area contributed by atoms with Gasteiger partial charge in [-0.05, 0) is 49.9 Å². The minimum atomic E-state index is -3.45. The lowest BCUT2D eigenvalue weighted by molar-refractivity contribution is -0.120. The first-order chi connectivity index (χ1) is 9.95. The molecule has 2 aliphatic carbocycles. The second-order valence-corrected chi connectivity index (χ2v) is 7.57. The van der Waals surface area contributed by atoms with Crippen LogP contribution >= 0.6 is 0 Å². The van der Waals surface area contributed by atoms with E-state index in [-0.39, 0.29) is 16.8 Å². The van der Waals surface area contributed by atoms with Gasteiger partial charge in [-0.15, -0.1) is 0 Å². The molecule has 0 spiro atoms. The van der Waals surface area contributed by atoms with Gasteiger partial charge in [-0.1, -0.05) is 0 Å². The third-order valence-electron chi connectivity index (χ3n) is 4.05. The van der Waals surface area contributed by atoms with Crippen molar-refractivity contribution in [3.8, 4) is 0 Å². The van der Waals surface area contributed by atoms with Crippen LogP contribution in [0, 0.1) is 5.41 Å². The smallest absolute Gasteiger partial charge is 0.240 e. The molecule has 0 unspecified atom stereocenters. The number of hydrogen-bond donors (Lipinski definition) is 3. The van der Waals surface area contributed by atoms with Gasteiger partial charge in [-0.2, -0.15) is 0 Å². The fourth-order valence-electron chi connectivity index (χ4n) is 2.14. The van der Waals surface area contributed by atoms with Gasteiger partial charge in [0.2, 0.25) is 15.9 Å². The van der Waals surface area contributed by atoms with Gasteiger partial charge in [0.05, 0.1) is 10.3 Å². The molecule has 2 saturated carbocycles. The number of benzene rings is 1. The minimum Gasteiger partial charge on any atom is -0.329 e. The zero-order chi connectivity index (χ0) is 15.1. The highest BCUT2D eigenvalue weighted by atomic mass is 32.2. The van der Waals surface area contributed by atoms with Crippen molar-refractivity contribution in [3.05, 3.63) is 24.3 Å². The van der Waals surface area contributed by atoms with Crippen LogP contribution in [0.5, 0.6) is 0 Å². The maximum Gasteiger partial charge on any atom is 0.240 e. The van der Waals surface area contributed by atoms with Gasteiger partial charge >= 0.3 is 0 Å². The molecule has 1 aromatic carbocycles. The highest BCUT2D eigenvalue weighted by Gasteiger charge is 2.48. The Balaban J connectivity index is 1.68. The molecule has 0 bridgehead atoms. The molecule has 2 fully saturated rings. The number of rotatable bonds is 6. The Morgan fingerprint density at radius 1 is 1.24 bits per heavy atom. The molecule has 1 aromatic rings. The number of nitrogens with one attached hydrogen (secondary N) is 2. The van der Waals surface area contributed by atoms with Gasteiger partial charge in [-0.3, -0.25) is 4.79 Å². The quantitative estimate of drug-likeness (QED) is 0.723. The molecule has 2 aliphatic rings. The summed E-state index contributed by atoms with van der Waals surface area (Å²) in [6.45, 7) is 0.344. The standard InChI is InChI=1S/C14H19N3O3S/c15-9-14(7-8-14)13(18)16-10-3-5-12(6-4-10)21(19,20)17-11-1-2-11/h3-6,11,17H,1-2,7-9,15H2,(H,16,18). The van der Waals surface area contributed by atoms with Gasteiger partial charge in [0, 0.05) is 18.3 Å². The first-order valence-corrected chi connectivity index (χ1v) is 8.57. The lowest BCUT2D eigenvalue weighted by atomic mass is 10.1. The van der Waals surface area contributed by atoms with Crippen LogP contribution in [0.2, 0.25) is 0 Å². The Morgan fingerprint density at radius 3 is 2.33 bits per heavy atom. The number of carbonyl (C=O) groups excluding carboxylic acids is 1. The monoisotopic (exact) mass is 309 g/mol. The summed E-state index contributed by atoms with van der Waals surface area (Å²) in [7, 11) is -3.45. The largest absolute Gasteiger partial charge is 0.329 e. The molecule has 4 N–H and O–H groups in total. The average Bonchev–Trinajstić information content (AvgIpc) is 3.34. The van der Waals surface area contributed by atoms with Crippen LogP contribution in [0.15, 0.2) is 29.2 Å². The number of hydrogen-bond acceptors (Lipinski definition) is 4. The Morgan fingerprint density at radius 2 is 1.86 bits per heavy atom. The second-order valence-electron chi connectivity index (χ2n) is 5.86. The molecular formula is C14H19N3O3S. The molecule has 0 radical (unpaired) electrons. The average molecular weight is 309 g/mol. The van der Waals surface area contributed by atoms with E-state index in [1.54, 1.807) is 12.1 Å². The van der Waals surface area contributed by atoms with Crippen molar-refractivity contribution in [2.45, 2.75) is 36.6 Å². The van der Waals surface area contributed by atoms with Crippen LogP contribution in [0.3, 0.4) is 0 Å². The third kappa shape index (κ3) is 3.09. The Hall–Kier alpha value is -1.44. The predicted octanol–water partition coefficient (Wildman–Crippen LogP) is 0.805. The first kappa shape index (κ1) is 14.5. The first-order valence-electron chi connectivity index (χ1n) is 7.09. The maximum absolute atomic E-state index is 12.0. The van der Waals surface area contributed by atoms with Crippen LogP contribution in [-0.2, 0) is 14.8 Å². The van der Waals surface area contributed by atoms with Crippen LogP contribution in [0.1, 0.15) is 25.7 Å². The highest BCUT2D eigenvalue weighted by Crippen LogP contribution is 2.45. The van der Waals surface area contributed by atoms with Crippen molar-refractivity contribution in [3.63, 3.8) is 0 Å². The topological polar surface area (TPSA) is 101 Å². The Labute approximate surface area is 124 Å². The SMILES string of the molecule is NCC1(C(=O)Nc2ccc(S(=O)(=O)NC3CC3)cc2)CC1. The van der Waals surface area contributed by atoms with Crippen molar-refractivity contribution in [2.24, 2.45) is 11.1 Å². The molecular weight excluding hydrogens is 290 g/mol. The minimum absolute atomic E-state index is 0.0775. The summed E-state index contributed by atoms with van der Waals surface area (Å²) in [5, 5.41) is 2.79. The number of amides is 1. The van der Waals surface area contributed by atoms with Crippen molar-refractivity contribution in [1.29, 1.82) is 0 Å². The van der Waals surface area contributed by atoms with E-state index in [0.29, 0.717) is 12.2 Å². The van der Waals surface area contributed by atoms with E-state index in [2.05, 4.69) is 10.0 Å². The normalized spacial score (nSPS) is 20.0. The third-order valence-corrected chi connectivity index (χ3v) is 5.58. The fourth-order valence-corrected chi connectivity index (χ4v) is 3.45. The molecule has 0 aliphatic heterocycles. The van der Waals surface area contributed by atoms with E-state index in [4.69, 9.17) is 5.73 Å². The summed E-state index contributed by atoms with van der Waals surface area (Å²) >= 11 is 0. The molecule has 7 heteroatoms. The van der Waals surface area contributed by atoms with Gasteiger partial charge in [-0.25, -0.2) is 13.1 Å². The van der Waals surface area contributed by atoms with E-state index in [0.717, 1.165) is 25.7 Å². The van der Waals surface area contributed by atoms with Crippen LogP contribution < -0.4 is 15.8 Å². The molecule has 0 heterocycles. The Kier molecular flexibility index (Phi) is 3.51. The molecule has 0 atom stereocenters. The van der Waals surface area contributed by atoms with Crippen molar-refractivity contribution in [2.75, 3.05) is 11.9 Å². The molecule has 21 heavy (non-hydrogen) atoms. The lowest BCUT2D eigenvalue weighted by Crippen LogP contribution is -2.30. The molecule has 0 aromatic heterocycles. The van der Waals surface area contributed by atoms with E-state index in [1.165, 1.54) is 12.1 Å². The molecule has 0 saturated heterocycles. The van der Waals surface area contributed by atoms with Crippen LogP contribution in [0.25, 0.3) is 0 Å². The van der Waals surface area contributed by atoms with Gasteiger partial charge in [0.1, 0.15) is 0 Å². The molecule has 114 valence electrons. The predicted molar refractivity (Wildman–Crippen MR) is 79.1 cm³/mol. The van der Waals surface area contributed by atoms with E-state index >= 15 is 0 Å². The summed E-state index contributed by atoms with van der Waals surface area (Å²) in [4.78, 5) is 12.3. The van der Waals surface area contributed by atoms with Gasteiger partial charge in [0.15, 0.2) is 0 Å². The van der Waals surface area contributed by atoms with Crippen molar-refractivity contribution in [1.82, 2.24) is 4.72 Å². The van der Waals surface area contributed by atoms with E-state index in [9.17, 15) is 13.2 Å². The van der Waals surface area contributed by atoms with E-state index in [1.807, 2.05) is 0 Å². The van der Waals surface area contributed by atoms with E-state index < -0.39 is 15.4 Å². The summed E-state index contributed by atoms with van der Waals surface area (Å²) in [6, 6.07) is 6.29. The summed E-state index contributed by atoms with van der Waals surface area (Å²) < 4.78 is 26.7. The van der Waals surface area contributed by atoms with Crippen LogP contribution in [-0.4, -0.2) is 26.9 Å². The fraction of sp³-hybridized carbons (Fsp3) is 0.500. The number of nitrogens with two attached hydrogens (primary N) is 1. The molecule has 3 rings (SSSR count). The summed E-state index contributed by atoms with van der Waals surface area (Å²) in [5.74, 6) is -0.0864. The molecule has 1 amide bonds. The van der Waals surface area contributed by atoms with Crippen molar-refractivity contribution >= 4 is 21.6 Å². The highest BCUT2D eigenvalue weighted by molar-refractivity contribution is 7.89. The zero-order valence-corrected chi connectivity index (χ0v) is 12.4. The lowest BCUT2D eigenvalue weighted by Gasteiger charge is -2.13. The number of carbonyl (C=O) groups is 1. The maximum atomic E-state index is 12.0. The summed E-state index contributed by atoms with van der Waals surface area (Å²) in [6.07, 6.45) is 3.42. The van der Waals surface area contributed by atoms with Crippen molar-refractivity contribution < 1.29 is 13.2 Å². The van der Waals surface area contributed by atoms with Gasteiger partial charge < -0.3 is 11.1 Å². The molecule has 6 nitrogen and oxygen atoms in total. The summed E-state index contributed by atoms with van der Waals surface area (Å²) in [5.41, 5.74) is 5.78. The zero-order valence-electron chi connectivity index (χ0n) is 11.6. The number of sulfonamides is 1. The number of anilines is 1. The van der Waals surface area contributed by atoms with Crippen LogP contribution in [0.4, 0.5) is 5.69 Å². The van der Waals surface area contributed by atoms with Gasteiger partial charge in [0.25, 0.3) is 0 Å². The Bertz CT molecular complexity index is 647.